The minimum absolute atomic E-state index is 0.233. The quantitative estimate of drug-likeness (QED) is 0.857. The third-order valence-corrected chi connectivity index (χ3v) is 4.18. The van der Waals surface area contributed by atoms with Gasteiger partial charge in [0, 0.05) is 32.5 Å². The highest BCUT2D eigenvalue weighted by atomic mass is 16.2. The van der Waals surface area contributed by atoms with Crippen molar-refractivity contribution >= 4 is 16.9 Å². The first-order valence-corrected chi connectivity index (χ1v) is 7.40. The molecule has 4 heteroatoms. The number of nitrogens with zero attached hydrogens (tertiary/aromatic N) is 3. The highest BCUT2D eigenvalue weighted by Gasteiger charge is 2.32. The predicted octanol–water partition coefficient (Wildman–Crippen LogP) is 2.69. The van der Waals surface area contributed by atoms with Crippen LogP contribution in [0, 0.1) is 0 Å². The van der Waals surface area contributed by atoms with Crippen LogP contribution in [0.15, 0.2) is 24.3 Å². The molecule has 2 heterocycles. The van der Waals surface area contributed by atoms with Crippen LogP contribution in [0.25, 0.3) is 11.0 Å². The van der Waals surface area contributed by atoms with Crippen LogP contribution < -0.4 is 0 Å². The van der Waals surface area contributed by atoms with Crippen LogP contribution in [0.5, 0.6) is 0 Å². The molecule has 1 aromatic carbocycles. The molecule has 106 valence electrons. The maximum atomic E-state index is 12.1. The van der Waals surface area contributed by atoms with Gasteiger partial charge >= 0.3 is 0 Å². The van der Waals surface area contributed by atoms with Gasteiger partial charge in [-0.1, -0.05) is 25.5 Å². The largest absolute Gasteiger partial charge is 0.342 e. The number of amides is 1. The summed E-state index contributed by atoms with van der Waals surface area (Å²) in [7, 11) is 2.05. The van der Waals surface area contributed by atoms with Crippen molar-refractivity contribution in [3.8, 4) is 0 Å². The van der Waals surface area contributed by atoms with Crippen LogP contribution >= 0.6 is 0 Å². The molecule has 1 aliphatic rings. The second-order valence-corrected chi connectivity index (χ2v) is 5.61. The Morgan fingerprint density at radius 3 is 2.90 bits per heavy atom. The summed E-state index contributed by atoms with van der Waals surface area (Å²) in [5.74, 6) is 1.55. The van der Waals surface area contributed by atoms with E-state index in [1.54, 1.807) is 0 Å². The first-order valence-electron chi connectivity index (χ1n) is 7.40. The van der Waals surface area contributed by atoms with Gasteiger partial charge in [-0.15, -0.1) is 0 Å². The van der Waals surface area contributed by atoms with E-state index in [0.29, 0.717) is 6.42 Å². The second-order valence-electron chi connectivity index (χ2n) is 5.61. The van der Waals surface area contributed by atoms with E-state index < -0.39 is 0 Å². The van der Waals surface area contributed by atoms with Crippen molar-refractivity contribution in [1.82, 2.24) is 14.5 Å². The predicted molar refractivity (Wildman–Crippen MR) is 79.6 cm³/mol. The maximum Gasteiger partial charge on any atom is 0.223 e. The Labute approximate surface area is 119 Å². The summed E-state index contributed by atoms with van der Waals surface area (Å²) in [6.07, 6.45) is 2.81. The van der Waals surface area contributed by atoms with Gasteiger partial charge in [0.15, 0.2) is 0 Å². The van der Waals surface area contributed by atoms with E-state index in [1.807, 2.05) is 30.1 Å². The second kappa shape index (κ2) is 5.27. The average molecular weight is 271 g/mol. The van der Waals surface area contributed by atoms with Crippen molar-refractivity contribution in [3.05, 3.63) is 30.1 Å². The number of hydrogen-bond acceptors (Lipinski definition) is 2. The molecule has 1 aliphatic heterocycles. The summed E-state index contributed by atoms with van der Waals surface area (Å²) in [5.41, 5.74) is 2.16. The minimum Gasteiger partial charge on any atom is -0.342 e. The normalized spacial score (nSPS) is 19.2. The van der Waals surface area contributed by atoms with E-state index in [9.17, 15) is 4.79 Å². The van der Waals surface area contributed by atoms with Crippen LogP contribution in [0.3, 0.4) is 0 Å². The number of hydrogen-bond donors (Lipinski definition) is 0. The molecule has 0 radical (unpaired) electrons. The lowest BCUT2D eigenvalue weighted by molar-refractivity contribution is -0.127. The third kappa shape index (κ3) is 2.19. The van der Waals surface area contributed by atoms with Gasteiger partial charge in [0.1, 0.15) is 5.82 Å². The molecule has 20 heavy (non-hydrogen) atoms. The molecule has 2 aromatic rings. The van der Waals surface area contributed by atoms with Crippen molar-refractivity contribution in [3.63, 3.8) is 0 Å². The highest BCUT2D eigenvalue weighted by Crippen LogP contribution is 2.29. The fourth-order valence-electron chi connectivity index (χ4n) is 3.04. The number of rotatable bonds is 4. The zero-order valence-corrected chi connectivity index (χ0v) is 12.2. The molecule has 0 aliphatic carbocycles. The van der Waals surface area contributed by atoms with Gasteiger partial charge in [0.05, 0.1) is 11.0 Å². The van der Waals surface area contributed by atoms with Crippen LogP contribution in [0.1, 0.15) is 37.9 Å². The Balaban J connectivity index is 1.85. The zero-order valence-electron chi connectivity index (χ0n) is 12.2. The van der Waals surface area contributed by atoms with Crippen LogP contribution in [0.2, 0.25) is 0 Å². The third-order valence-electron chi connectivity index (χ3n) is 4.18. The number of aromatic nitrogens is 2. The lowest BCUT2D eigenvalue weighted by atomic mass is 10.1. The van der Waals surface area contributed by atoms with Crippen molar-refractivity contribution in [1.29, 1.82) is 0 Å². The Bertz CT molecular complexity index is 632. The molecule has 3 rings (SSSR count). The van der Waals surface area contributed by atoms with Gasteiger partial charge in [-0.25, -0.2) is 4.98 Å². The molecule has 1 amide bonds. The number of imidazole rings is 1. The van der Waals surface area contributed by atoms with Crippen LogP contribution in [-0.4, -0.2) is 33.4 Å². The highest BCUT2D eigenvalue weighted by molar-refractivity contribution is 5.80. The number of fused-ring (bicyclic) bond motifs is 1. The summed E-state index contributed by atoms with van der Waals surface area (Å²) in [4.78, 5) is 18.8. The van der Waals surface area contributed by atoms with Gasteiger partial charge < -0.3 is 9.47 Å². The molecule has 0 unspecified atom stereocenters. The molecular weight excluding hydrogens is 250 g/mol. The van der Waals surface area contributed by atoms with E-state index in [1.165, 1.54) is 0 Å². The lowest BCUT2D eigenvalue weighted by Gasteiger charge is -2.15. The van der Waals surface area contributed by atoms with Gasteiger partial charge in [0.2, 0.25) is 5.91 Å². The fourth-order valence-corrected chi connectivity index (χ4v) is 3.04. The number of carbonyl (C=O) groups excluding carboxylic acids is 1. The van der Waals surface area contributed by atoms with E-state index in [2.05, 4.69) is 17.6 Å². The number of para-hydroxylation sites is 2. The topological polar surface area (TPSA) is 38.1 Å². The molecule has 0 bridgehead atoms. The van der Waals surface area contributed by atoms with Crippen molar-refractivity contribution in [2.24, 2.45) is 7.05 Å². The van der Waals surface area contributed by atoms with Gasteiger partial charge in [-0.05, 0) is 18.6 Å². The van der Waals surface area contributed by atoms with Crippen molar-refractivity contribution in [2.75, 3.05) is 13.1 Å². The van der Waals surface area contributed by atoms with Crippen LogP contribution in [0.4, 0.5) is 0 Å². The molecule has 1 aromatic heterocycles. The molecule has 0 saturated carbocycles. The van der Waals surface area contributed by atoms with Crippen molar-refractivity contribution < 1.29 is 4.79 Å². The van der Waals surface area contributed by atoms with Gasteiger partial charge in [0.25, 0.3) is 0 Å². The molecule has 1 saturated heterocycles. The van der Waals surface area contributed by atoms with E-state index in [4.69, 9.17) is 4.98 Å². The van der Waals surface area contributed by atoms with Gasteiger partial charge in [-0.2, -0.15) is 0 Å². The SMILES string of the molecule is CCCCN1C[C@H](c2nc3ccccc3n2C)CC1=O. The molecular formula is C16H21N3O. The summed E-state index contributed by atoms with van der Waals surface area (Å²) in [6.45, 7) is 3.86. The lowest BCUT2D eigenvalue weighted by Crippen LogP contribution is -2.26. The molecule has 1 fully saturated rings. The fraction of sp³-hybridized carbons (Fsp3) is 0.500. The summed E-state index contributed by atoms with van der Waals surface area (Å²) in [5, 5.41) is 0. The Kier molecular flexibility index (Phi) is 3.47. The van der Waals surface area contributed by atoms with Gasteiger partial charge in [-0.3, -0.25) is 4.79 Å². The monoisotopic (exact) mass is 271 g/mol. The molecule has 1 atom stereocenters. The molecule has 4 nitrogen and oxygen atoms in total. The number of likely N-dealkylation sites (tertiary alicyclic amines) is 1. The maximum absolute atomic E-state index is 12.1. The number of aryl methyl sites for hydroxylation is 1. The first-order chi connectivity index (χ1) is 9.70. The minimum atomic E-state index is 0.233. The number of unbranched alkanes of at least 4 members (excludes halogenated alkanes) is 1. The Morgan fingerprint density at radius 1 is 1.35 bits per heavy atom. The molecule has 0 spiro atoms. The smallest absolute Gasteiger partial charge is 0.223 e. The standard InChI is InChI=1S/C16H21N3O/c1-3-4-9-19-11-12(10-15(19)20)16-17-13-7-5-6-8-14(13)18(16)2/h5-8,12H,3-4,9-11H2,1-2H3/t12-/m1/s1. The Morgan fingerprint density at radius 2 is 2.15 bits per heavy atom. The zero-order chi connectivity index (χ0) is 14.1. The number of carbonyl (C=O) groups is 1. The van der Waals surface area contributed by atoms with E-state index in [-0.39, 0.29) is 11.8 Å². The average Bonchev–Trinajstić information content (AvgIpc) is 2.98. The molecule has 0 N–H and O–H groups in total. The van der Waals surface area contributed by atoms with Crippen molar-refractivity contribution in [2.45, 2.75) is 32.1 Å². The first kappa shape index (κ1) is 13.2. The van der Waals surface area contributed by atoms with Crippen LogP contribution in [-0.2, 0) is 11.8 Å². The summed E-state index contributed by atoms with van der Waals surface area (Å²) in [6, 6.07) is 8.15. The summed E-state index contributed by atoms with van der Waals surface area (Å²) >= 11 is 0. The van der Waals surface area contributed by atoms with E-state index in [0.717, 1.165) is 42.8 Å². The number of benzene rings is 1. The van der Waals surface area contributed by atoms with E-state index >= 15 is 0 Å². The summed E-state index contributed by atoms with van der Waals surface area (Å²) < 4.78 is 2.14. The Hall–Kier alpha value is -1.84.